The highest BCUT2D eigenvalue weighted by Crippen LogP contribution is 2.19. The van der Waals surface area contributed by atoms with Gasteiger partial charge in [-0.25, -0.2) is 4.79 Å². The molecule has 0 saturated carbocycles. The summed E-state index contributed by atoms with van der Waals surface area (Å²) >= 11 is 0. The molecule has 1 aliphatic heterocycles. The number of hydrogen-bond donors (Lipinski definition) is 0. The number of benzene rings is 1. The lowest BCUT2D eigenvalue weighted by Gasteiger charge is -2.28. The van der Waals surface area contributed by atoms with Crippen molar-refractivity contribution in [2.45, 2.75) is 12.8 Å². The Morgan fingerprint density at radius 1 is 1.37 bits per heavy atom. The molecule has 0 N–H and O–H groups in total. The minimum atomic E-state index is -0.329. The fourth-order valence-electron chi connectivity index (χ4n) is 2.27. The summed E-state index contributed by atoms with van der Waals surface area (Å²) in [6.07, 6.45) is 2.35. The van der Waals surface area contributed by atoms with Crippen LogP contribution in [0.5, 0.6) is 5.75 Å². The zero-order chi connectivity index (χ0) is 13.7. The summed E-state index contributed by atoms with van der Waals surface area (Å²) in [6.45, 7) is 2.99. The average Bonchev–Trinajstić information content (AvgIpc) is 2.46. The van der Waals surface area contributed by atoms with Gasteiger partial charge in [-0.3, -0.25) is 0 Å². The third-order valence-corrected chi connectivity index (χ3v) is 3.58. The van der Waals surface area contributed by atoms with Crippen LogP contribution in [0.3, 0.4) is 0 Å². The second kappa shape index (κ2) is 6.57. The molecule has 19 heavy (non-hydrogen) atoms. The number of rotatable bonds is 4. The molecule has 1 heterocycles. The molecule has 0 bridgehead atoms. The van der Waals surface area contributed by atoms with Crippen molar-refractivity contribution in [2.24, 2.45) is 5.92 Å². The summed E-state index contributed by atoms with van der Waals surface area (Å²) in [7, 11) is 3.53. The Morgan fingerprint density at radius 2 is 2.11 bits per heavy atom. The molecule has 0 radical (unpaired) electrons. The SMILES string of the molecule is COC(=O)c1cccc(OCC2CCN(C)CC2)c1. The Balaban J connectivity index is 1.87. The Bertz CT molecular complexity index is 425. The third kappa shape index (κ3) is 3.96. The number of methoxy groups -OCH3 is 1. The minimum Gasteiger partial charge on any atom is -0.493 e. The first kappa shape index (κ1) is 13.9. The van der Waals surface area contributed by atoms with Crippen LogP contribution in [0.4, 0.5) is 0 Å². The first-order valence-corrected chi connectivity index (χ1v) is 6.69. The van der Waals surface area contributed by atoms with Crippen LogP contribution < -0.4 is 4.74 Å². The van der Waals surface area contributed by atoms with Crippen LogP contribution in [0.1, 0.15) is 23.2 Å². The van der Waals surface area contributed by atoms with Crippen LogP contribution in [0.25, 0.3) is 0 Å². The maximum Gasteiger partial charge on any atom is 0.337 e. The van der Waals surface area contributed by atoms with Gasteiger partial charge in [-0.1, -0.05) is 6.07 Å². The number of nitrogens with zero attached hydrogens (tertiary/aromatic N) is 1. The zero-order valence-corrected chi connectivity index (χ0v) is 11.6. The fourth-order valence-corrected chi connectivity index (χ4v) is 2.27. The molecular weight excluding hydrogens is 242 g/mol. The molecule has 0 amide bonds. The highest BCUT2D eigenvalue weighted by atomic mass is 16.5. The van der Waals surface area contributed by atoms with E-state index in [4.69, 9.17) is 9.47 Å². The van der Waals surface area contributed by atoms with Crippen LogP contribution in [0.2, 0.25) is 0 Å². The first-order chi connectivity index (χ1) is 9.19. The van der Waals surface area contributed by atoms with E-state index in [1.165, 1.54) is 20.0 Å². The van der Waals surface area contributed by atoms with E-state index in [1.54, 1.807) is 12.1 Å². The van der Waals surface area contributed by atoms with Crippen LogP contribution in [-0.2, 0) is 4.74 Å². The van der Waals surface area contributed by atoms with Gasteiger partial charge in [-0.05, 0) is 57.1 Å². The van der Waals surface area contributed by atoms with Crippen molar-refractivity contribution in [3.05, 3.63) is 29.8 Å². The smallest absolute Gasteiger partial charge is 0.337 e. The standard InChI is InChI=1S/C15H21NO3/c1-16-8-6-12(7-9-16)11-19-14-5-3-4-13(10-14)15(17)18-2/h3-5,10,12H,6-9,11H2,1-2H3. The molecular formula is C15H21NO3. The van der Waals surface area contributed by atoms with E-state index in [1.807, 2.05) is 12.1 Å². The lowest BCUT2D eigenvalue weighted by molar-refractivity contribution is 0.0600. The van der Waals surface area contributed by atoms with E-state index in [-0.39, 0.29) is 5.97 Å². The lowest BCUT2D eigenvalue weighted by Crippen LogP contribution is -2.32. The molecule has 4 heteroatoms. The normalized spacial score (nSPS) is 17.2. The molecule has 104 valence electrons. The van der Waals surface area contributed by atoms with Gasteiger partial charge < -0.3 is 14.4 Å². The van der Waals surface area contributed by atoms with Crippen molar-refractivity contribution in [1.82, 2.24) is 4.90 Å². The Hall–Kier alpha value is -1.55. The van der Waals surface area contributed by atoms with Gasteiger partial charge in [0.05, 0.1) is 19.3 Å². The molecule has 1 saturated heterocycles. The predicted molar refractivity (Wildman–Crippen MR) is 73.5 cm³/mol. The summed E-state index contributed by atoms with van der Waals surface area (Å²) in [6, 6.07) is 7.16. The topological polar surface area (TPSA) is 38.8 Å². The van der Waals surface area contributed by atoms with Gasteiger partial charge in [-0.2, -0.15) is 0 Å². The van der Waals surface area contributed by atoms with Crippen molar-refractivity contribution >= 4 is 5.97 Å². The molecule has 0 spiro atoms. The largest absolute Gasteiger partial charge is 0.493 e. The number of piperidine rings is 1. The fraction of sp³-hybridized carbons (Fsp3) is 0.533. The maximum atomic E-state index is 11.4. The van der Waals surface area contributed by atoms with Crippen molar-refractivity contribution in [1.29, 1.82) is 0 Å². The van der Waals surface area contributed by atoms with E-state index in [0.29, 0.717) is 11.5 Å². The monoisotopic (exact) mass is 263 g/mol. The van der Waals surface area contributed by atoms with Gasteiger partial charge in [0, 0.05) is 0 Å². The van der Waals surface area contributed by atoms with E-state index in [0.717, 1.165) is 25.4 Å². The molecule has 1 aliphatic rings. The number of ether oxygens (including phenoxy) is 2. The van der Waals surface area contributed by atoms with Crippen LogP contribution in [0, 0.1) is 5.92 Å². The first-order valence-electron chi connectivity index (χ1n) is 6.69. The summed E-state index contributed by atoms with van der Waals surface area (Å²) < 4.78 is 10.5. The highest BCUT2D eigenvalue weighted by molar-refractivity contribution is 5.89. The third-order valence-electron chi connectivity index (χ3n) is 3.58. The van der Waals surface area contributed by atoms with Crippen LogP contribution in [-0.4, -0.2) is 44.7 Å². The van der Waals surface area contributed by atoms with Gasteiger partial charge in [0.15, 0.2) is 0 Å². The van der Waals surface area contributed by atoms with Crippen molar-refractivity contribution in [3.8, 4) is 5.75 Å². The van der Waals surface area contributed by atoms with Gasteiger partial charge in [0.25, 0.3) is 0 Å². The second-order valence-electron chi connectivity index (χ2n) is 5.08. The van der Waals surface area contributed by atoms with Crippen molar-refractivity contribution in [3.63, 3.8) is 0 Å². The Labute approximate surface area is 114 Å². The number of carbonyl (C=O) groups is 1. The second-order valence-corrected chi connectivity index (χ2v) is 5.08. The molecule has 0 atom stereocenters. The molecule has 0 aromatic heterocycles. The van der Waals surface area contributed by atoms with Gasteiger partial charge >= 0.3 is 5.97 Å². The van der Waals surface area contributed by atoms with Gasteiger partial charge in [0.2, 0.25) is 0 Å². The van der Waals surface area contributed by atoms with Gasteiger partial charge in [-0.15, -0.1) is 0 Å². The molecule has 1 fully saturated rings. The van der Waals surface area contributed by atoms with E-state index in [2.05, 4.69) is 11.9 Å². The molecule has 1 aromatic rings. The summed E-state index contributed by atoms with van der Waals surface area (Å²) in [5.74, 6) is 1.02. The molecule has 1 aromatic carbocycles. The maximum absolute atomic E-state index is 11.4. The average molecular weight is 263 g/mol. The van der Waals surface area contributed by atoms with Crippen LogP contribution >= 0.6 is 0 Å². The number of likely N-dealkylation sites (tertiary alicyclic amines) is 1. The molecule has 2 rings (SSSR count). The minimum absolute atomic E-state index is 0.329. The van der Waals surface area contributed by atoms with Crippen molar-refractivity contribution in [2.75, 3.05) is 33.9 Å². The van der Waals surface area contributed by atoms with E-state index in [9.17, 15) is 4.79 Å². The van der Waals surface area contributed by atoms with E-state index < -0.39 is 0 Å². The lowest BCUT2D eigenvalue weighted by atomic mass is 9.98. The summed E-state index contributed by atoms with van der Waals surface area (Å²) in [5, 5.41) is 0. The quantitative estimate of drug-likeness (QED) is 0.781. The van der Waals surface area contributed by atoms with Crippen molar-refractivity contribution < 1.29 is 14.3 Å². The predicted octanol–water partition coefficient (Wildman–Crippen LogP) is 2.19. The highest BCUT2D eigenvalue weighted by Gasteiger charge is 2.17. The summed E-state index contributed by atoms with van der Waals surface area (Å²) in [5.41, 5.74) is 0.531. The summed E-state index contributed by atoms with van der Waals surface area (Å²) in [4.78, 5) is 13.8. The number of carbonyl (C=O) groups excluding carboxylic acids is 1. The number of esters is 1. The number of hydrogen-bond acceptors (Lipinski definition) is 4. The van der Waals surface area contributed by atoms with Crippen LogP contribution in [0.15, 0.2) is 24.3 Å². The molecule has 0 aliphatic carbocycles. The Morgan fingerprint density at radius 3 is 2.79 bits per heavy atom. The van der Waals surface area contributed by atoms with E-state index >= 15 is 0 Å². The zero-order valence-electron chi connectivity index (χ0n) is 11.6. The Kier molecular flexibility index (Phi) is 4.80. The molecule has 0 unspecified atom stereocenters. The van der Waals surface area contributed by atoms with Gasteiger partial charge in [0.1, 0.15) is 5.75 Å². The molecule has 4 nitrogen and oxygen atoms in total.